The van der Waals surface area contributed by atoms with Crippen molar-refractivity contribution in [3.8, 4) is 11.3 Å². The molecule has 4 nitrogen and oxygen atoms in total. The van der Waals surface area contributed by atoms with E-state index in [4.69, 9.17) is 5.10 Å². The van der Waals surface area contributed by atoms with Crippen LogP contribution < -0.4 is 0 Å². The van der Waals surface area contributed by atoms with Crippen molar-refractivity contribution in [1.82, 2.24) is 9.78 Å². The molecule has 0 saturated heterocycles. The van der Waals surface area contributed by atoms with E-state index in [1.165, 1.54) is 5.56 Å². The highest BCUT2D eigenvalue weighted by molar-refractivity contribution is 9.10. The van der Waals surface area contributed by atoms with Crippen molar-refractivity contribution in [2.24, 2.45) is 0 Å². The monoisotopic (exact) mass is 440 g/mol. The quantitative estimate of drug-likeness (QED) is 0.502. The molecule has 146 valence electrons. The van der Waals surface area contributed by atoms with E-state index in [9.17, 15) is 9.90 Å². The Kier molecular flexibility index (Phi) is 5.75. The third-order valence-electron chi connectivity index (χ3n) is 4.86. The van der Waals surface area contributed by atoms with E-state index >= 15 is 0 Å². The smallest absolute Gasteiger partial charge is 0.336 e. The molecule has 0 aliphatic heterocycles. The molecule has 0 radical (unpaired) electrons. The highest BCUT2D eigenvalue weighted by Gasteiger charge is 2.31. The highest BCUT2D eigenvalue weighted by Crippen LogP contribution is 2.39. The fourth-order valence-electron chi connectivity index (χ4n) is 3.50. The lowest BCUT2D eigenvalue weighted by Gasteiger charge is -2.28. The van der Waals surface area contributed by atoms with Gasteiger partial charge in [-0.15, -0.1) is 0 Å². The maximum Gasteiger partial charge on any atom is 0.336 e. The van der Waals surface area contributed by atoms with Gasteiger partial charge in [0.15, 0.2) is 0 Å². The van der Waals surface area contributed by atoms with Crippen LogP contribution in [0.4, 0.5) is 0 Å². The molecule has 0 saturated carbocycles. The number of aromatic carboxylic acids is 1. The minimum atomic E-state index is -0.942. The predicted octanol–water partition coefficient (Wildman–Crippen LogP) is 6.11. The van der Waals surface area contributed by atoms with E-state index < -0.39 is 5.97 Å². The number of carbonyl (C=O) groups is 1. The molecule has 0 unspecified atom stereocenters. The van der Waals surface area contributed by atoms with Crippen molar-refractivity contribution in [3.05, 3.63) is 75.9 Å². The molecular weight excluding hydrogens is 416 g/mol. The Morgan fingerprint density at radius 3 is 2.32 bits per heavy atom. The first kappa shape index (κ1) is 20.3. The van der Waals surface area contributed by atoms with E-state index in [1.54, 1.807) is 12.1 Å². The van der Waals surface area contributed by atoms with Crippen LogP contribution >= 0.6 is 15.9 Å². The molecule has 5 heteroatoms. The molecule has 0 aliphatic carbocycles. The first-order chi connectivity index (χ1) is 13.2. The molecule has 0 amide bonds. The molecule has 0 atom stereocenters. The van der Waals surface area contributed by atoms with Crippen molar-refractivity contribution < 1.29 is 9.90 Å². The van der Waals surface area contributed by atoms with Crippen LogP contribution in [0.25, 0.3) is 11.3 Å². The van der Waals surface area contributed by atoms with Gasteiger partial charge in [0.25, 0.3) is 0 Å². The fraction of sp³-hybridized carbons (Fsp3) is 0.304. The standard InChI is InChI=1S/C23H25BrN2O2/c1-15(2)20-19(24)21(17-12-8-9-13-18(17)22(27)28)26(25-20)23(3,4)14-16-10-6-5-7-11-16/h5-13,15H,14H2,1-4H3,(H,27,28). The van der Waals surface area contributed by atoms with Gasteiger partial charge in [-0.1, -0.05) is 62.4 Å². The molecule has 0 spiro atoms. The summed E-state index contributed by atoms with van der Waals surface area (Å²) in [6.45, 7) is 8.45. The van der Waals surface area contributed by atoms with Gasteiger partial charge in [-0.25, -0.2) is 4.79 Å². The number of carboxylic acid groups (broad SMARTS) is 1. The lowest BCUT2D eigenvalue weighted by molar-refractivity contribution is 0.0697. The summed E-state index contributed by atoms with van der Waals surface area (Å²) < 4.78 is 2.85. The van der Waals surface area contributed by atoms with Gasteiger partial charge in [0.2, 0.25) is 0 Å². The maximum absolute atomic E-state index is 11.9. The second-order valence-corrected chi connectivity index (χ2v) is 8.73. The van der Waals surface area contributed by atoms with Crippen LogP contribution in [0.1, 0.15) is 55.2 Å². The number of aromatic nitrogens is 2. The molecule has 0 fully saturated rings. The fourth-order valence-corrected chi connectivity index (χ4v) is 4.42. The van der Waals surface area contributed by atoms with Gasteiger partial charge in [-0.05, 0) is 53.7 Å². The van der Waals surface area contributed by atoms with Crippen LogP contribution in [0.3, 0.4) is 0 Å². The number of rotatable bonds is 6. The number of carboxylic acids is 1. The molecule has 3 rings (SSSR count). The van der Waals surface area contributed by atoms with Gasteiger partial charge in [0, 0.05) is 5.56 Å². The molecular formula is C23H25BrN2O2. The van der Waals surface area contributed by atoms with E-state index in [0.29, 0.717) is 5.56 Å². The summed E-state index contributed by atoms with van der Waals surface area (Å²) in [7, 11) is 0. The molecule has 28 heavy (non-hydrogen) atoms. The molecule has 0 aliphatic rings. The van der Waals surface area contributed by atoms with Crippen LogP contribution in [0.5, 0.6) is 0 Å². The SMILES string of the molecule is CC(C)c1nn(C(C)(C)Cc2ccccc2)c(-c2ccccc2C(=O)O)c1Br. The van der Waals surface area contributed by atoms with Gasteiger partial charge in [0.1, 0.15) is 0 Å². The van der Waals surface area contributed by atoms with Crippen molar-refractivity contribution in [3.63, 3.8) is 0 Å². The first-order valence-corrected chi connectivity index (χ1v) is 10.2. The number of hydrogen-bond donors (Lipinski definition) is 1. The molecule has 2 aromatic carbocycles. The number of halogens is 1. The second kappa shape index (κ2) is 7.92. The number of benzene rings is 2. The molecule has 1 N–H and O–H groups in total. The van der Waals surface area contributed by atoms with Gasteiger partial charge < -0.3 is 5.11 Å². The minimum absolute atomic E-state index is 0.207. The average Bonchev–Trinajstić information content (AvgIpc) is 3.00. The molecule has 1 aromatic heterocycles. The van der Waals surface area contributed by atoms with Gasteiger partial charge >= 0.3 is 5.97 Å². The molecule has 0 bridgehead atoms. The summed E-state index contributed by atoms with van der Waals surface area (Å²) in [5.41, 5.74) is 3.54. The van der Waals surface area contributed by atoms with Gasteiger partial charge in [-0.2, -0.15) is 5.10 Å². The van der Waals surface area contributed by atoms with Crippen molar-refractivity contribution >= 4 is 21.9 Å². The summed E-state index contributed by atoms with van der Waals surface area (Å²) in [5.74, 6) is -0.735. The van der Waals surface area contributed by atoms with Gasteiger partial charge in [-0.3, -0.25) is 4.68 Å². The third-order valence-corrected chi connectivity index (χ3v) is 5.65. The largest absolute Gasteiger partial charge is 0.478 e. The Hall–Kier alpha value is -2.40. The lowest BCUT2D eigenvalue weighted by Crippen LogP contribution is -2.31. The Morgan fingerprint density at radius 2 is 1.71 bits per heavy atom. The summed E-state index contributed by atoms with van der Waals surface area (Å²) in [4.78, 5) is 11.9. The summed E-state index contributed by atoms with van der Waals surface area (Å²) in [5, 5.41) is 14.6. The van der Waals surface area contributed by atoms with Crippen LogP contribution in [0, 0.1) is 0 Å². The lowest BCUT2D eigenvalue weighted by atomic mass is 9.94. The van der Waals surface area contributed by atoms with E-state index in [2.05, 4.69) is 55.8 Å². The summed E-state index contributed by atoms with van der Waals surface area (Å²) in [6.07, 6.45) is 0.779. The summed E-state index contributed by atoms with van der Waals surface area (Å²) in [6, 6.07) is 17.4. The zero-order chi connectivity index (χ0) is 20.5. The maximum atomic E-state index is 11.9. The zero-order valence-corrected chi connectivity index (χ0v) is 18.2. The van der Waals surface area contributed by atoms with Crippen LogP contribution in [-0.4, -0.2) is 20.9 Å². The third kappa shape index (κ3) is 3.90. The topological polar surface area (TPSA) is 55.1 Å². The van der Waals surface area contributed by atoms with Crippen molar-refractivity contribution in [2.75, 3.05) is 0 Å². The van der Waals surface area contributed by atoms with Crippen LogP contribution in [0.2, 0.25) is 0 Å². The Morgan fingerprint density at radius 1 is 1.11 bits per heavy atom. The second-order valence-electron chi connectivity index (χ2n) is 7.94. The van der Waals surface area contributed by atoms with E-state index in [0.717, 1.165) is 22.3 Å². The van der Waals surface area contributed by atoms with Crippen molar-refractivity contribution in [2.45, 2.75) is 45.6 Å². The van der Waals surface area contributed by atoms with Gasteiger partial charge in [0.05, 0.1) is 27.0 Å². The number of nitrogens with zero attached hydrogens (tertiary/aromatic N) is 2. The molecule has 1 heterocycles. The van der Waals surface area contributed by atoms with Crippen molar-refractivity contribution in [1.29, 1.82) is 0 Å². The Bertz CT molecular complexity index is 991. The minimum Gasteiger partial charge on any atom is -0.478 e. The average molecular weight is 441 g/mol. The Balaban J connectivity index is 2.22. The van der Waals surface area contributed by atoms with Crippen LogP contribution in [-0.2, 0) is 12.0 Å². The highest BCUT2D eigenvalue weighted by atomic mass is 79.9. The van der Waals surface area contributed by atoms with Crippen LogP contribution in [0.15, 0.2) is 59.1 Å². The van der Waals surface area contributed by atoms with E-state index in [1.807, 2.05) is 35.0 Å². The normalized spacial score (nSPS) is 11.8. The molecule has 3 aromatic rings. The zero-order valence-electron chi connectivity index (χ0n) is 16.6. The van der Waals surface area contributed by atoms with E-state index in [-0.39, 0.29) is 17.0 Å². The summed E-state index contributed by atoms with van der Waals surface area (Å²) >= 11 is 3.72. The predicted molar refractivity (Wildman–Crippen MR) is 116 cm³/mol. The number of hydrogen-bond acceptors (Lipinski definition) is 2. The first-order valence-electron chi connectivity index (χ1n) is 9.38. The Labute approximate surface area is 174 Å².